The zero-order valence-corrected chi connectivity index (χ0v) is 16.9. The molecule has 0 bridgehead atoms. The van der Waals surface area contributed by atoms with Crippen LogP contribution in [0.2, 0.25) is 0 Å². The monoisotopic (exact) mass is 418 g/mol. The zero-order chi connectivity index (χ0) is 21.0. The van der Waals surface area contributed by atoms with Crippen LogP contribution >= 0.6 is 0 Å². The van der Waals surface area contributed by atoms with E-state index in [1.54, 1.807) is 0 Å². The standard InChI is InChI=1S/C21H23FN2O4S/c1-29(27,28)17-10-7-15(8-11-17)20(25)23-16-9-12-18(22)19(13-16)24-21(26)14-5-3-2-4-6-14/h7-14H,2-6H2,1H3,(H,23,25)(H,24,26). The summed E-state index contributed by atoms with van der Waals surface area (Å²) in [6, 6.07) is 9.46. The average Bonchev–Trinajstić information content (AvgIpc) is 2.70. The zero-order valence-electron chi connectivity index (χ0n) is 16.1. The molecule has 3 rings (SSSR count). The number of benzene rings is 2. The Balaban J connectivity index is 1.70. The average molecular weight is 418 g/mol. The largest absolute Gasteiger partial charge is 0.323 e. The summed E-state index contributed by atoms with van der Waals surface area (Å²) in [5.74, 6) is -1.37. The molecule has 0 radical (unpaired) electrons. The van der Waals surface area contributed by atoms with Crippen molar-refractivity contribution in [2.45, 2.75) is 37.0 Å². The summed E-state index contributed by atoms with van der Waals surface area (Å²) in [6.45, 7) is 0. The molecule has 1 aliphatic carbocycles. The molecule has 154 valence electrons. The van der Waals surface area contributed by atoms with Crippen LogP contribution in [-0.4, -0.2) is 26.5 Å². The normalized spacial score (nSPS) is 15.0. The molecular formula is C21H23FN2O4S. The van der Waals surface area contributed by atoms with Crippen LogP contribution in [0.1, 0.15) is 42.5 Å². The summed E-state index contributed by atoms with van der Waals surface area (Å²) >= 11 is 0. The number of hydrogen-bond acceptors (Lipinski definition) is 4. The molecule has 0 aromatic heterocycles. The SMILES string of the molecule is CS(=O)(=O)c1ccc(C(=O)Nc2ccc(F)c(NC(=O)C3CCCCC3)c2)cc1. The van der Waals surface area contributed by atoms with E-state index in [0.717, 1.165) is 38.4 Å². The van der Waals surface area contributed by atoms with Gasteiger partial charge >= 0.3 is 0 Å². The second-order valence-corrected chi connectivity index (χ2v) is 9.29. The maximum atomic E-state index is 14.1. The number of nitrogens with one attached hydrogen (secondary N) is 2. The van der Waals surface area contributed by atoms with Gasteiger partial charge in [-0.3, -0.25) is 9.59 Å². The number of carbonyl (C=O) groups excluding carboxylic acids is 2. The molecule has 0 atom stereocenters. The van der Waals surface area contributed by atoms with Crippen molar-refractivity contribution in [1.82, 2.24) is 0 Å². The fourth-order valence-corrected chi connectivity index (χ4v) is 3.99. The van der Waals surface area contributed by atoms with Gasteiger partial charge in [0.1, 0.15) is 5.82 Å². The highest BCUT2D eigenvalue weighted by molar-refractivity contribution is 7.90. The predicted molar refractivity (Wildman–Crippen MR) is 109 cm³/mol. The molecule has 1 fully saturated rings. The van der Waals surface area contributed by atoms with E-state index in [-0.39, 0.29) is 28.0 Å². The molecule has 8 heteroatoms. The maximum Gasteiger partial charge on any atom is 0.255 e. The van der Waals surface area contributed by atoms with Crippen LogP contribution in [-0.2, 0) is 14.6 Å². The van der Waals surface area contributed by atoms with E-state index in [1.807, 2.05) is 0 Å². The lowest BCUT2D eigenvalue weighted by molar-refractivity contribution is -0.120. The molecule has 0 saturated heterocycles. The number of hydrogen-bond donors (Lipinski definition) is 2. The second-order valence-electron chi connectivity index (χ2n) is 7.27. The van der Waals surface area contributed by atoms with Crippen molar-refractivity contribution in [3.63, 3.8) is 0 Å². The highest BCUT2D eigenvalue weighted by atomic mass is 32.2. The van der Waals surface area contributed by atoms with E-state index in [2.05, 4.69) is 10.6 Å². The fraction of sp³-hybridized carbons (Fsp3) is 0.333. The Morgan fingerprint density at radius 2 is 1.62 bits per heavy atom. The Labute approximate surface area is 169 Å². The molecule has 0 unspecified atom stereocenters. The van der Waals surface area contributed by atoms with Crippen LogP contribution in [0, 0.1) is 11.7 Å². The molecule has 6 nitrogen and oxygen atoms in total. The molecule has 2 amide bonds. The van der Waals surface area contributed by atoms with E-state index in [9.17, 15) is 22.4 Å². The van der Waals surface area contributed by atoms with Crippen LogP contribution in [0.25, 0.3) is 0 Å². The van der Waals surface area contributed by atoms with E-state index >= 15 is 0 Å². The summed E-state index contributed by atoms with van der Waals surface area (Å²) in [6.07, 6.45) is 5.79. The minimum absolute atomic E-state index is 0.0193. The maximum absolute atomic E-state index is 14.1. The molecule has 2 N–H and O–H groups in total. The molecule has 0 spiro atoms. The molecule has 2 aromatic carbocycles. The third-order valence-corrected chi connectivity index (χ3v) is 6.13. The van der Waals surface area contributed by atoms with E-state index in [4.69, 9.17) is 0 Å². The number of carbonyl (C=O) groups is 2. The van der Waals surface area contributed by atoms with Gasteiger partial charge in [-0.25, -0.2) is 12.8 Å². The molecule has 2 aromatic rings. The van der Waals surface area contributed by atoms with Crippen molar-refractivity contribution >= 4 is 33.0 Å². The van der Waals surface area contributed by atoms with Crippen LogP contribution in [0.4, 0.5) is 15.8 Å². The van der Waals surface area contributed by atoms with Crippen molar-refractivity contribution in [2.75, 3.05) is 16.9 Å². The number of sulfone groups is 1. The molecule has 29 heavy (non-hydrogen) atoms. The molecular weight excluding hydrogens is 395 g/mol. The third-order valence-electron chi connectivity index (χ3n) is 5.00. The van der Waals surface area contributed by atoms with Crippen LogP contribution in [0.3, 0.4) is 0 Å². The summed E-state index contributed by atoms with van der Waals surface area (Å²) in [7, 11) is -3.35. The van der Waals surface area contributed by atoms with Gasteiger partial charge < -0.3 is 10.6 Å². The van der Waals surface area contributed by atoms with Crippen LogP contribution in [0.15, 0.2) is 47.4 Å². The minimum Gasteiger partial charge on any atom is -0.323 e. The lowest BCUT2D eigenvalue weighted by Crippen LogP contribution is -2.25. The lowest BCUT2D eigenvalue weighted by atomic mass is 9.88. The number of rotatable bonds is 5. The Hall–Kier alpha value is -2.74. The summed E-state index contributed by atoms with van der Waals surface area (Å²) in [4.78, 5) is 24.9. The number of anilines is 2. The van der Waals surface area contributed by atoms with E-state index < -0.39 is 21.6 Å². The molecule has 1 aliphatic rings. The van der Waals surface area contributed by atoms with Gasteiger partial charge in [0.2, 0.25) is 5.91 Å². The van der Waals surface area contributed by atoms with Gasteiger partial charge in [-0.1, -0.05) is 19.3 Å². The Kier molecular flexibility index (Phi) is 6.32. The van der Waals surface area contributed by atoms with Crippen molar-refractivity contribution in [2.24, 2.45) is 5.92 Å². The van der Waals surface area contributed by atoms with E-state index in [0.29, 0.717) is 5.69 Å². The first-order chi connectivity index (χ1) is 13.7. The van der Waals surface area contributed by atoms with Gasteiger partial charge in [-0.15, -0.1) is 0 Å². The third kappa shape index (κ3) is 5.41. The fourth-order valence-electron chi connectivity index (χ4n) is 3.36. The number of halogens is 1. The molecule has 0 heterocycles. The van der Waals surface area contributed by atoms with E-state index in [1.165, 1.54) is 42.5 Å². The van der Waals surface area contributed by atoms with Gasteiger partial charge in [0, 0.05) is 23.4 Å². The summed E-state index contributed by atoms with van der Waals surface area (Å²) in [5.41, 5.74) is 0.600. The highest BCUT2D eigenvalue weighted by Gasteiger charge is 2.22. The molecule has 0 aliphatic heterocycles. The first-order valence-corrected chi connectivity index (χ1v) is 11.3. The van der Waals surface area contributed by atoms with Gasteiger partial charge in [-0.2, -0.15) is 0 Å². The minimum atomic E-state index is -3.35. The highest BCUT2D eigenvalue weighted by Crippen LogP contribution is 2.26. The van der Waals surface area contributed by atoms with Crippen LogP contribution in [0.5, 0.6) is 0 Å². The topological polar surface area (TPSA) is 92.3 Å². The summed E-state index contributed by atoms with van der Waals surface area (Å²) < 4.78 is 37.1. The predicted octanol–water partition coefficient (Wildman–Crippen LogP) is 4.00. The smallest absolute Gasteiger partial charge is 0.255 e. The first-order valence-electron chi connectivity index (χ1n) is 9.46. The second kappa shape index (κ2) is 8.73. The van der Waals surface area contributed by atoms with Gasteiger partial charge in [-0.05, 0) is 55.3 Å². The summed E-state index contributed by atoms with van der Waals surface area (Å²) in [5, 5.41) is 5.26. The van der Waals surface area contributed by atoms with Crippen molar-refractivity contribution in [3.8, 4) is 0 Å². The van der Waals surface area contributed by atoms with Gasteiger partial charge in [0.15, 0.2) is 9.84 Å². The first kappa shape index (κ1) is 21.0. The van der Waals surface area contributed by atoms with Crippen molar-refractivity contribution < 1.29 is 22.4 Å². The van der Waals surface area contributed by atoms with Gasteiger partial charge in [0.05, 0.1) is 10.6 Å². The molecule has 1 saturated carbocycles. The number of amides is 2. The Morgan fingerprint density at radius 1 is 0.966 bits per heavy atom. The lowest BCUT2D eigenvalue weighted by Gasteiger charge is -2.21. The Bertz CT molecular complexity index is 1010. The Morgan fingerprint density at radius 3 is 2.24 bits per heavy atom. The van der Waals surface area contributed by atoms with Crippen molar-refractivity contribution in [3.05, 3.63) is 53.8 Å². The van der Waals surface area contributed by atoms with Gasteiger partial charge in [0.25, 0.3) is 5.91 Å². The quantitative estimate of drug-likeness (QED) is 0.768. The van der Waals surface area contributed by atoms with Crippen molar-refractivity contribution in [1.29, 1.82) is 0 Å². The van der Waals surface area contributed by atoms with Crippen LogP contribution < -0.4 is 10.6 Å².